The van der Waals surface area contributed by atoms with Crippen molar-refractivity contribution in [3.63, 3.8) is 0 Å². The van der Waals surface area contributed by atoms with Crippen molar-refractivity contribution in [2.24, 2.45) is 10.7 Å². The van der Waals surface area contributed by atoms with E-state index in [0.717, 1.165) is 75.4 Å². The number of rotatable bonds is 8. The second-order valence-corrected chi connectivity index (χ2v) is 12.6. The predicted molar refractivity (Wildman–Crippen MR) is 173 cm³/mol. The average molecular weight is 617 g/mol. The number of primary amides is 1. The van der Waals surface area contributed by atoms with Gasteiger partial charge in [0.15, 0.2) is 0 Å². The van der Waals surface area contributed by atoms with Gasteiger partial charge in [-0.2, -0.15) is 9.84 Å². The van der Waals surface area contributed by atoms with Gasteiger partial charge in [-0.3, -0.25) is 9.59 Å². The first-order chi connectivity index (χ1) is 21.7. The molecule has 4 heterocycles. The maximum absolute atomic E-state index is 12.9. The number of nitrogens with one attached hydrogen (secondary N) is 2. The van der Waals surface area contributed by atoms with E-state index in [1.54, 1.807) is 4.90 Å². The third kappa shape index (κ3) is 8.21. The number of urea groups is 1. The Bertz CT molecular complexity index is 1410. The van der Waals surface area contributed by atoms with Gasteiger partial charge in [-0.25, -0.2) is 9.79 Å². The number of hydrogen-bond acceptors (Lipinski definition) is 6. The van der Waals surface area contributed by atoms with E-state index in [4.69, 9.17) is 16.0 Å². The van der Waals surface area contributed by atoms with Crippen LogP contribution in [-0.2, 0) is 9.59 Å². The summed E-state index contributed by atoms with van der Waals surface area (Å²) in [7, 11) is 0. The number of nitrogens with zero attached hydrogens (tertiary/aromatic N) is 6. The lowest BCUT2D eigenvalue weighted by Crippen LogP contribution is -2.53. The Morgan fingerprint density at radius 2 is 1.64 bits per heavy atom. The fraction of sp³-hybridized carbons (Fsp3) is 0.576. The number of nitriles is 1. The van der Waals surface area contributed by atoms with Gasteiger partial charge in [0, 0.05) is 57.9 Å². The van der Waals surface area contributed by atoms with Crippen molar-refractivity contribution in [3.8, 4) is 6.07 Å². The zero-order chi connectivity index (χ0) is 31.9. The summed E-state index contributed by atoms with van der Waals surface area (Å²) in [4.78, 5) is 48.4. The maximum Gasteiger partial charge on any atom is 0.317 e. The second-order valence-electron chi connectivity index (χ2n) is 12.6. The van der Waals surface area contributed by atoms with Crippen LogP contribution in [-0.4, -0.2) is 101 Å². The van der Waals surface area contributed by atoms with Crippen LogP contribution in [0.5, 0.6) is 0 Å². The summed E-state index contributed by atoms with van der Waals surface area (Å²) in [6.45, 7) is 8.95. The molecular formula is C33H46N9O3+. The number of carbonyl (C=O) groups excluding carboxylic acids is 3. The van der Waals surface area contributed by atoms with Crippen molar-refractivity contribution in [2.75, 3.05) is 51.1 Å². The third-order valence-electron chi connectivity index (χ3n) is 9.32. The summed E-state index contributed by atoms with van der Waals surface area (Å²) >= 11 is 0. The number of amides is 4. The number of aliphatic imine (C=N–C) groups is 1. The first kappa shape index (κ1) is 32.0. The molecule has 1 unspecified atom stereocenters. The van der Waals surface area contributed by atoms with Crippen LogP contribution in [0.15, 0.2) is 40.8 Å². The van der Waals surface area contributed by atoms with Crippen molar-refractivity contribution in [3.05, 3.63) is 41.3 Å². The van der Waals surface area contributed by atoms with Crippen LogP contribution >= 0.6 is 0 Å². The molecule has 12 heteroatoms. The minimum absolute atomic E-state index is 0.0171. The topological polar surface area (TPSA) is 150 Å². The van der Waals surface area contributed by atoms with E-state index in [-0.39, 0.29) is 24.4 Å². The summed E-state index contributed by atoms with van der Waals surface area (Å²) < 4.78 is 1.87. The Hall–Kier alpha value is -4.40. The Morgan fingerprint density at radius 1 is 0.978 bits per heavy atom. The van der Waals surface area contributed by atoms with Gasteiger partial charge in [0.2, 0.25) is 24.0 Å². The Balaban J connectivity index is 1.28. The van der Waals surface area contributed by atoms with Crippen LogP contribution in [0.1, 0.15) is 76.7 Å². The fourth-order valence-corrected chi connectivity index (χ4v) is 6.58. The molecule has 3 fully saturated rings. The van der Waals surface area contributed by atoms with Gasteiger partial charge in [0.1, 0.15) is 12.3 Å². The second kappa shape index (κ2) is 14.6. The standard InChI is InChI=1S/C33H45N9O3/c1-23-21-42(23)30(31(35)44)32(36-24(2)41-18-6-7-28(22-41)38-33(45)40-16-4-3-5-17-40)37-27-10-8-25(9-11-27)26-13-19-39(20-14-26)29(43)12-15-34/h8-11,26,28H,3-7,12-14,16-22H2,1-2H3,(H3-,35,37,38,44,45)/p+1. The van der Waals surface area contributed by atoms with Gasteiger partial charge in [-0.05, 0) is 75.5 Å². The molecule has 1 aromatic rings. The first-order valence-electron chi connectivity index (χ1n) is 16.2. The number of likely N-dealkylation sites (tertiary alicyclic amines) is 3. The molecule has 0 aliphatic carbocycles. The number of piperidine rings is 3. The smallest absolute Gasteiger partial charge is 0.317 e. The number of benzene rings is 1. The van der Waals surface area contributed by atoms with Crippen LogP contribution in [0.3, 0.4) is 0 Å². The summed E-state index contributed by atoms with van der Waals surface area (Å²) in [6.07, 6.45) is 6.77. The zero-order valence-electron chi connectivity index (χ0n) is 26.6. The molecule has 4 aliphatic heterocycles. The molecule has 4 N–H and O–H groups in total. The van der Waals surface area contributed by atoms with Gasteiger partial charge in [-0.1, -0.05) is 12.1 Å². The Kier molecular flexibility index (Phi) is 10.4. The molecule has 1 atom stereocenters. The lowest BCUT2D eigenvalue weighted by atomic mass is 9.89. The molecule has 4 amide bonds. The van der Waals surface area contributed by atoms with Gasteiger partial charge in [0.25, 0.3) is 0 Å². The van der Waals surface area contributed by atoms with E-state index < -0.39 is 5.91 Å². The largest absolute Gasteiger partial charge is 0.360 e. The molecule has 240 valence electrons. The molecule has 1 aromatic carbocycles. The molecular weight excluding hydrogens is 570 g/mol. The quantitative estimate of drug-likeness (QED) is 0.177. The highest BCUT2D eigenvalue weighted by molar-refractivity contribution is 5.96. The van der Waals surface area contributed by atoms with Crippen LogP contribution in [0.4, 0.5) is 10.5 Å². The highest BCUT2D eigenvalue weighted by atomic mass is 16.2. The molecule has 12 nitrogen and oxygen atoms in total. The van der Waals surface area contributed by atoms with E-state index >= 15 is 0 Å². The summed E-state index contributed by atoms with van der Waals surface area (Å²) in [5.74, 6) is 0.830. The number of anilines is 1. The Labute approximate surface area is 265 Å². The molecule has 0 saturated carbocycles. The number of carbonyl (C=O) groups is 3. The van der Waals surface area contributed by atoms with E-state index in [1.165, 1.54) is 12.0 Å². The summed E-state index contributed by atoms with van der Waals surface area (Å²) in [5, 5.41) is 15.4. The number of nitrogens with two attached hydrogens (primary N) is 1. The van der Waals surface area contributed by atoms with Gasteiger partial charge in [0.05, 0.1) is 6.07 Å². The summed E-state index contributed by atoms with van der Waals surface area (Å²) in [6, 6.07) is 10.1. The van der Waals surface area contributed by atoms with E-state index in [1.807, 2.05) is 41.5 Å². The SMILES string of the molecule is CC(=NC(Nc1ccc(C2CCN(C(=O)CC#N)CC2)cc1)=C(C(N)=O)[N+]1=C(C)C1)N1CCCC(NC(=O)N2CCCCC2)C1. The highest BCUT2D eigenvalue weighted by Gasteiger charge is 2.39. The lowest BCUT2D eigenvalue weighted by molar-refractivity contribution is -0.379. The van der Waals surface area contributed by atoms with Crippen LogP contribution in [0, 0.1) is 11.3 Å². The fourth-order valence-electron chi connectivity index (χ4n) is 6.58. The van der Waals surface area contributed by atoms with Crippen LogP contribution in [0.2, 0.25) is 0 Å². The molecule has 45 heavy (non-hydrogen) atoms. The molecule has 0 radical (unpaired) electrons. The first-order valence-corrected chi connectivity index (χ1v) is 16.2. The monoisotopic (exact) mass is 616 g/mol. The molecule has 3 saturated heterocycles. The van der Waals surface area contributed by atoms with Gasteiger partial charge >= 0.3 is 17.6 Å². The average Bonchev–Trinajstić information content (AvgIpc) is 3.77. The van der Waals surface area contributed by atoms with Crippen LogP contribution < -0.4 is 16.4 Å². The zero-order valence-corrected chi connectivity index (χ0v) is 26.6. The van der Waals surface area contributed by atoms with Crippen molar-refractivity contribution in [1.29, 1.82) is 5.26 Å². The minimum atomic E-state index is -0.550. The maximum atomic E-state index is 12.9. The van der Waals surface area contributed by atoms with Crippen molar-refractivity contribution >= 4 is 35.1 Å². The minimum Gasteiger partial charge on any atom is -0.360 e. The number of hydrogen-bond donors (Lipinski definition) is 3. The Morgan fingerprint density at radius 3 is 2.27 bits per heavy atom. The molecule has 0 aromatic heterocycles. The van der Waals surface area contributed by atoms with Crippen molar-refractivity contribution in [1.82, 2.24) is 20.0 Å². The van der Waals surface area contributed by atoms with Gasteiger partial charge < -0.3 is 31.1 Å². The normalized spacial score (nSPS) is 21.6. The van der Waals surface area contributed by atoms with E-state index in [9.17, 15) is 14.4 Å². The predicted octanol–water partition coefficient (Wildman–Crippen LogP) is 2.94. The number of amidine groups is 1. The molecule has 5 rings (SSSR count). The molecule has 0 spiro atoms. The summed E-state index contributed by atoms with van der Waals surface area (Å²) in [5.41, 5.74) is 9.25. The van der Waals surface area contributed by atoms with Crippen molar-refractivity contribution < 1.29 is 19.0 Å². The van der Waals surface area contributed by atoms with E-state index in [0.29, 0.717) is 43.6 Å². The highest BCUT2D eigenvalue weighted by Crippen LogP contribution is 2.30. The van der Waals surface area contributed by atoms with E-state index in [2.05, 4.69) is 27.7 Å². The third-order valence-corrected chi connectivity index (χ3v) is 9.32. The molecule has 4 aliphatic rings. The van der Waals surface area contributed by atoms with Crippen molar-refractivity contribution in [2.45, 2.75) is 77.2 Å². The lowest BCUT2D eigenvalue weighted by Gasteiger charge is -2.36. The van der Waals surface area contributed by atoms with Crippen LogP contribution in [0.25, 0.3) is 0 Å². The van der Waals surface area contributed by atoms with Gasteiger partial charge in [-0.15, -0.1) is 0 Å². The molecule has 0 bridgehead atoms.